The minimum Gasteiger partial charge on any atom is -0.494 e. The molecule has 0 aliphatic heterocycles. The third kappa shape index (κ3) is 2.51. The fourth-order valence-electron chi connectivity index (χ4n) is 1.55. The molecule has 2 rings (SSSR count). The van der Waals surface area contributed by atoms with Crippen molar-refractivity contribution in [2.24, 2.45) is 5.73 Å². The van der Waals surface area contributed by atoms with E-state index in [2.05, 4.69) is 5.43 Å². The number of nitrogens with zero attached hydrogens (tertiary/aromatic N) is 1. The van der Waals surface area contributed by atoms with Crippen LogP contribution in [0.25, 0.3) is 5.69 Å². The van der Waals surface area contributed by atoms with Crippen LogP contribution in [0.3, 0.4) is 0 Å². The monoisotopic (exact) mass is 266 g/mol. The van der Waals surface area contributed by atoms with E-state index in [9.17, 15) is 19.4 Å². The summed E-state index contributed by atoms with van der Waals surface area (Å²) in [5.41, 5.74) is 9.62. The van der Waals surface area contributed by atoms with Crippen LogP contribution >= 0.6 is 0 Å². The number of aromatic hydroxyl groups is 2. The van der Waals surface area contributed by atoms with Crippen molar-refractivity contribution in [2.75, 3.05) is 5.43 Å². The Bertz CT molecular complexity index is 609. The molecule has 8 heteroatoms. The number of hydrazine groups is 1. The number of carbonyl (C=O) groups is 1. The molecule has 1 heterocycles. The molecule has 6 N–H and O–H groups in total. The number of primary amides is 1. The van der Waals surface area contributed by atoms with Gasteiger partial charge in [-0.1, -0.05) is 0 Å². The van der Waals surface area contributed by atoms with Crippen molar-refractivity contribution in [3.63, 3.8) is 0 Å². The van der Waals surface area contributed by atoms with E-state index in [1.807, 2.05) is 5.43 Å². The molecular weight excluding hydrogens is 255 g/mol. The number of benzene rings is 1. The summed E-state index contributed by atoms with van der Waals surface area (Å²) in [5, 5.41) is 19.6. The van der Waals surface area contributed by atoms with Gasteiger partial charge in [0.25, 0.3) is 0 Å². The predicted octanol–water partition coefficient (Wildman–Crippen LogP) is 1.02. The number of rotatable bonds is 3. The average molecular weight is 266 g/mol. The van der Waals surface area contributed by atoms with Gasteiger partial charge in [-0.3, -0.25) is 10.9 Å². The molecule has 1 aromatic carbocycles. The van der Waals surface area contributed by atoms with Crippen LogP contribution in [-0.4, -0.2) is 20.8 Å². The quantitative estimate of drug-likeness (QED) is 0.534. The molecule has 0 bridgehead atoms. The van der Waals surface area contributed by atoms with Gasteiger partial charge in [0.1, 0.15) is 11.5 Å². The lowest BCUT2D eigenvalue weighted by Crippen LogP contribution is -2.34. The van der Waals surface area contributed by atoms with Gasteiger partial charge in [0.2, 0.25) is 11.8 Å². The van der Waals surface area contributed by atoms with E-state index in [4.69, 9.17) is 5.73 Å². The fraction of sp³-hybridized carbons (Fsp3) is 0. The van der Waals surface area contributed by atoms with Gasteiger partial charge in [0, 0.05) is 6.07 Å². The van der Waals surface area contributed by atoms with Gasteiger partial charge in [0.05, 0.1) is 5.69 Å². The second-order valence-corrected chi connectivity index (χ2v) is 3.67. The van der Waals surface area contributed by atoms with Gasteiger partial charge in [-0.05, 0) is 24.3 Å². The average Bonchev–Trinajstić information content (AvgIpc) is 2.63. The minimum absolute atomic E-state index is 0.0422. The maximum Gasteiger partial charge on any atom is 0.330 e. The van der Waals surface area contributed by atoms with Gasteiger partial charge >= 0.3 is 6.03 Å². The van der Waals surface area contributed by atoms with Crippen LogP contribution in [0.4, 0.5) is 14.9 Å². The highest BCUT2D eigenvalue weighted by Crippen LogP contribution is 2.34. The maximum atomic E-state index is 12.8. The van der Waals surface area contributed by atoms with Gasteiger partial charge < -0.3 is 15.9 Å². The fourth-order valence-corrected chi connectivity index (χ4v) is 1.55. The maximum absolute atomic E-state index is 12.8. The van der Waals surface area contributed by atoms with Crippen LogP contribution in [0.2, 0.25) is 0 Å². The first-order valence-corrected chi connectivity index (χ1v) is 5.20. The first-order valence-electron chi connectivity index (χ1n) is 5.20. The molecule has 1 aromatic heterocycles. The molecule has 0 fully saturated rings. The molecule has 7 nitrogen and oxygen atoms in total. The Kier molecular flexibility index (Phi) is 3.15. The Labute approximate surface area is 107 Å². The zero-order valence-corrected chi connectivity index (χ0v) is 9.59. The third-order valence-corrected chi connectivity index (χ3v) is 2.36. The van der Waals surface area contributed by atoms with Crippen LogP contribution in [-0.2, 0) is 0 Å². The lowest BCUT2D eigenvalue weighted by Gasteiger charge is -2.08. The van der Waals surface area contributed by atoms with Gasteiger partial charge in [-0.2, -0.15) is 0 Å². The summed E-state index contributed by atoms with van der Waals surface area (Å²) in [5.74, 6) is -1.10. The number of anilines is 1. The number of carbonyl (C=O) groups excluding carboxylic acids is 1. The Balaban J connectivity index is 2.36. The SMILES string of the molecule is NC(=O)NNc1cc(O)n(-c2ccc(F)cc2)c1O. The topological polar surface area (TPSA) is 113 Å². The minimum atomic E-state index is -0.853. The number of aromatic nitrogens is 1. The number of nitrogens with two attached hydrogens (primary N) is 1. The van der Waals surface area contributed by atoms with Crippen LogP contribution in [0, 0.1) is 5.82 Å². The van der Waals surface area contributed by atoms with Crippen molar-refractivity contribution in [3.05, 3.63) is 36.1 Å². The normalized spacial score (nSPS) is 10.2. The second kappa shape index (κ2) is 4.77. The largest absolute Gasteiger partial charge is 0.494 e. The molecule has 0 atom stereocenters. The zero-order chi connectivity index (χ0) is 14.0. The molecule has 0 aliphatic carbocycles. The molecular formula is C11H11FN4O3. The summed E-state index contributed by atoms with van der Waals surface area (Å²) in [6.07, 6.45) is 0. The van der Waals surface area contributed by atoms with E-state index in [1.165, 1.54) is 30.3 Å². The molecule has 0 aliphatic rings. The van der Waals surface area contributed by atoms with Crippen molar-refractivity contribution < 1.29 is 19.4 Å². The Morgan fingerprint density at radius 2 is 1.89 bits per heavy atom. The molecule has 0 saturated carbocycles. The van der Waals surface area contributed by atoms with Crippen LogP contribution in [0.5, 0.6) is 11.8 Å². The van der Waals surface area contributed by atoms with Gasteiger partial charge in [-0.15, -0.1) is 0 Å². The van der Waals surface area contributed by atoms with Crippen LogP contribution in [0.15, 0.2) is 30.3 Å². The van der Waals surface area contributed by atoms with Crippen LogP contribution < -0.4 is 16.6 Å². The van der Waals surface area contributed by atoms with E-state index in [1.54, 1.807) is 0 Å². The molecule has 2 aromatic rings. The smallest absolute Gasteiger partial charge is 0.330 e. The molecule has 100 valence electrons. The Morgan fingerprint density at radius 1 is 1.26 bits per heavy atom. The number of hydrogen-bond donors (Lipinski definition) is 5. The van der Waals surface area contributed by atoms with Crippen molar-refractivity contribution in [3.8, 4) is 17.4 Å². The summed E-state index contributed by atoms with van der Waals surface area (Å²) in [4.78, 5) is 10.5. The highest BCUT2D eigenvalue weighted by atomic mass is 19.1. The van der Waals surface area contributed by atoms with Crippen LogP contribution in [0.1, 0.15) is 0 Å². The highest BCUT2D eigenvalue weighted by molar-refractivity contribution is 5.74. The van der Waals surface area contributed by atoms with Gasteiger partial charge in [-0.25, -0.2) is 13.8 Å². The number of nitrogens with one attached hydrogen (secondary N) is 2. The Morgan fingerprint density at radius 3 is 2.47 bits per heavy atom. The lowest BCUT2D eigenvalue weighted by atomic mass is 10.3. The zero-order valence-electron chi connectivity index (χ0n) is 9.59. The van der Waals surface area contributed by atoms with Crippen molar-refractivity contribution in [1.29, 1.82) is 0 Å². The van der Waals surface area contributed by atoms with Crippen molar-refractivity contribution >= 4 is 11.7 Å². The van der Waals surface area contributed by atoms with Gasteiger partial charge in [0.15, 0.2) is 0 Å². The number of amides is 2. The van der Waals surface area contributed by atoms with E-state index < -0.39 is 11.8 Å². The molecule has 0 saturated heterocycles. The molecule has 0 spiro atoms. The van der Waals surface area contributed by atoms with E-state index in [-0.39, 0.29) is 17.4 Å². The molecule has 0 unspecified atom stereocenters. The molecule has 2 amide bonds. The number of halogens is 1. The second-order valence-electron chi connectivity index (χ2n) is 3.67. The summed E-state index contributed by atoms with van der Waals surface area (Å²) in [6.45, 7) is 0. The highest BCUT2D eigenvalue weighted by Gasteiger charge is 2.15. The predicted molar refractivity (Wildman–Crippen MR) is 65.4 cm³/mol. The van der Waals surface area contributed by atoms with Crippen molar-refractivity contribution in [1.82, 2.24) is 9.99 Å². The number of hydrogen-bond acceptors (Lipinski definition) is 4. The first kappa shape index (κ1) is 12.6. The summed E-state index contributed by atoms with van der Waals surface area (Å²) in [7, 11) is 0. The molecule has 19 heavy (non-hydrogen) atoms. The first-order chi connectivity index (χ1) is 8.99. The number of urea groups is 1. The van der Waals surface area contributed by atoms with Crippen molar-refractivity contribution in [2.45, 2.75) is 0 Å². The van der Waals surface area contributed by atoms with E-state index >= 15 is 0 Å². The molecule has 0 radical (unpaired) electrons. The summed E-state index contributed by atoms with van der Waals surface area (Å²) in [6, 6.07) is 5.44. The van der Waals surface area contributed by atoms with E-state index in [0.29, 0.717) is 5.69 Å². The Hall–Kier alpha value is -2.90. The van der Waals surface area contributed by atoms with E-state index in [0.717, 1.165) is 4.57 Å². The summed E-state index contributed by atoms with van der Waals surface area (Å²) >= 11 is 0. The third-order valence-electron chi connectivity index (χ3n) is 2.36. The summed E-state index contributed by atoms with van der Waals surface area (Å²) < 4.78 is 13.9. The lowest BCUT2D eigenvalue weighted by molar-refractivity contribution is 0.250. The standard InChI is InChI=1S/C11H11FN4O3/c12-6-1-3-7(4-2-6)16-9(17)5-8(10(16)18)14-15-11(13)19/h1-5,14,17-18H,(H3,13,15,19).